The molecule has 0 aromatic heterocycles. The van der Waals surface area contributed by atoms with Crippen LogP contribution in [0.3, 0.4) is 0 Å². The van der Waals surface area contributed by atoms with Crippen LogP contribution in [0.1, 0.15) is 18.4 Å². The topological polar surface area (TPSA) is 55.6 Å². The van der Waals surface area contributed by atoms with Gasteiger partial charge in [0.15, 0.2) is 0 Å². The standard InChI is InChI=1S/C15H20N2O2/c1-17-10-8-14(9-11-17)19-15(18)7-4-12-2-5-13(16)6-3-12/h2-7,14H,8-11,16H2,1H3/b7-4+. The average molecular weight is 260 g/mol. The van der Waals surface area contributed by atoms with Gasteiger partial charge in [-0.05, 0) is 43.7 Å². The fourth-order valence-electron chi connectivity index (χ4n) is 2.08. The average Bonchev–Trinajstić information content (AvgIpc) is 2.41. The first kappa shape index (κ1) is 13.6. The van der Waals surface area contributed by atoms with Crippen LogP contribution in [0, 0.1) is 0 Å². The molecule has 0 saturated carbocycles. The first-order valence-electron chi connectivity index (χ1n) is 6.56. The number of rotatable bonds is 3. The van der Waals surface area contributed by atoms with E-state index in [1.54, 1.807) is 6.08 Å². The highest BCUT2D eigenvalue weighted by Crippen LogP contribution is 2.13. The van der Waals surface area contributed by atoms with E-state index in [9.17, 15) is 4.79 Å². The van der Waals surface area contributed by atoms with Gasteiger partial charge in [0.05, 0.1) is 0 Å². The third-order valence-electron chi connectivity index (χ3n) is 3.30. The Morgan fingerprint density at radius 3 is 2.58 bits per heavy atom. The first-order chi connectivity index (χ1) is 9.13. The van der Waals surface area contributed by atoms with Crippen molar-refractivity contribution in [3.8, 4) is 0 Å². The molecule has 0 radical (unpaired) electrons. The summed E-state index contributed by atoms with van der Waals surface area (Å²) in [4.78, 5) is 13.9. The number of nitrogens with two attached hydrogens (primary N) is 1. The predicted molar refractivity (Wildman–Crippen MR) is 76.5 cm³/mol. The van der Waals surface area contributed by atoms with Crippen LogP contribution in [0.5, 0.6) is 0 Å². The van der Waals surface area contributed by atoms with Crippen molar-refractivity contribution in [1.29, 1.82) is 0 Å². The van der Waals surface area contributed by atoms with Crippen LogP contribution in [0.25, 0.3) is 6.08 Å². The van der Waals surface area contributed by atoms with Gasteiger partial charge in [-0.25, -0.2) is 4.79 Å². The van der Waals surface area contributed by atoms with Gasteiger partial charge < -0.3 is 15.4 Å². The minimum atomic E-state index is -0.272. The molecule has 0 bridgehead atoms. The monoisotopic (exact) mass is 260 g/mol. The van der Waals surface area contributed by atoms with Gasteiger partial charge in [-0.3, -0.25) is 0 Å². The Morgan fingerprint density at radius 2 is 1.95 bits per heavy atom. The summed E-state index contributed by atoms with van der Waals surface area (Å²) in [6.07, 6.45) is 5.11. The number of esters is 1. The third kappa shape index (κ3) is 4.41. The first-order valence-corrected chi connectivity index (χ1v) is 6.56. The van der Waals surface area contributed by atoms with Crippen LogP contribution in [0.4, 0.5) is 5.69 Å². The highest BCUT2D eigenvalue weighted by atomic mass is 16.5. The van der Waals surface area contributed by atoms with Crippen molar-refractivity contribution in [2.75, 3.05) is 25.9 Å². The van der Waals surface area contributed by atoms with E-state index in [0.29, 0.717) is 5.69 Å². The van der Waals surface area contributed by atoms with Crippen LogP contribution in [-0.2, 0) is 9.53 Å². The molecule has 1 aromatic rings. The number of hydrogen-bond donors (Lipinski definition) is 1. The summed E-state index contributed by atoms with van der Waals surface area (Å²) in [5, 5.41) is 0. The van der Waals surface area contributed by atoms with E-state index in [2.05, 4.69) is 11.9 Å². The van der Waals surface area contributed by atoms with Gasteiger partial charge in [-0.2, -0.15) is 0 Å². The summed E-state index contributed by atoms with van der Waals surface area (Å²) >= 11 is 0. The van der Waals surface area contributed by atoms with E-state index >= 15 is 0 Å². The van der Waals surface area contributed by atoms with Crippen LogP contribution < -0.4 is 5.73 Å². The Hall–Kier alpha value is -1.81. The number of anilines is 1. The molecular weight excluding hydrogens is 240 g/mol. The summed E-state index contributed by atoms with van der Waals surface area (Å²) in [5.41, 5.74) is 7.25. The lowest BCUT2D eigenvalue weighted by atomic mass is 10.1. The van der Waals surface area contributed by atoms with Crippen molar-refractivity contribution in [2.24, 2.45) is 0 Å². The zero-order valence-corrected chi connectivity index (χ0v) is 11.2. The van der Waals surface area contributed by atoms with Crippen molar-refractivity contribution in [3.63, 3.8) is 0 Å². The molecule has 102 valence electrons. The second-order valence-corrected chi connectivity index (χ2v) is 4.94. The maximum Gasteiger partial charge on any atom is 0.331 e. The number of piperidine rings is 1. The Balaban J connectivity index is 1.82. The number of carbonyl (C=O) groups is 1. The van der Waals surface area contributed by atoms with E-state index in [0.717, 1.165) is 31.5 Å². The van der Waals surface area contributed by atoms with E-state index in [4.69, 9.17) is 10.5 Å². The summed E-state index contributed by atoms with van der Waals surface area (Å²) in [7, 11) is 2.08. The number of hydrogen-bond acceptors (Lipinski definition) is 4. The summed E-state index contributed by atoms with van der Waals surface area (Å²) < 4.78 is 5.41. The highest BCUT2D eigenvalue weighted by molar-refractivity contribution is 5.87. The van der Waals surface area contributed by atoms with Gasteiger partial charge >= 0.3 is 5.97 Å². The number of likely N-dealkylation sites (tertiary alicyclic amines) is 1. The number of benzene rings is 1. The fourth-order valence-corrected chi connectivity index (χ4v) is 2.08. The maximum atomic E-state index is 11.7. The van der Waals surface area contributed by atoms with Crippen LogP contribution in [-0.4, -0.2) is 37.1 Å². The SMILES string of the molecule is CN1CCC(OC(=O)/C=C/c2ccc(N)cc2)CC1. The molecule has 0 aliphatic carbocycles. The zero-order chi connectivity index (χ0) is 13.7. The minimum Gasteiger partial charge on any atom is -0.459 e. The lowest BCUT2D eigenvalue weighted by Crippen LogP contribution is -2.35. The molecule has 0 unspecified atom stereocenters. The molecule has 2 rings (SSSR count). The Kier molecular flexibility index (Phi) is 4.58. The van der Waals surface area contributed by atoms with Crippen molar-refractivity contribution >= 4 is 17.7 Å². The van der Waals surface area contributed by atoms with Crippen molar-refractivity contribution in [2.45, 2.75) is 18.9 Å². The predicted octanol–water partition coefficient (Wildman–Crippen LogP) is 1.92. The molecule has 0 atom stereocenters. The van der Waals surface area contributed by atoms with Crippen LogP contribution in [0.15, 0.2) is 30.3 Å². The molecule has 4 heteroatoms. The lowest BCUT2D eigenvalue weighted by molar-refractivity contribution is -0.144. The molecule has 1 fully saturated rings. The van der Waals surface area contributed by atoms with E-state index in [1.165, 1.54) is 6.08 Å². The van der Waals surface area contributed by atoms with Gasteiger partial charge in [-0.1, -0.05) is 12.1 Å². The summed E-state index contributed by atoms with van der Waals surface area (Å²) in [6, 6.07) is 7.35. The molecule has 1 aromatic carbocycles. The minimum absolute atomic E-state index is 0.0553. The van der Waals surface area contributed by atoms with Gasteiger partial charge in [0.2, 0.25) is 0 Å². The second kappa shape index (κ2) is 6.38. The number of carbonyl (C=O) groups excluding carboxylic acids is 1. The molecule has 0 amide bonds. The fraction of sp³-hybridized carbons (Fsp3) is 0.400. The molecule has 4 nitrogen and oxygen atoms in total. The molecule has 1 aliphatic rings. The maximum absolute atomic E-state index is 11.7. The lowest BCUT2D eigenvalue weighted by Gasteiger charge is -2.28. The third-order valence-corrected chi connectivity index (χ3v) is 3.30. The van der Waals surface area contributed by atoms with Crippen molar-refractivity contribution in [3.05, 3.63) is 35.9 Å². The number of ether oxygens (including phenoxy) is 1. The van der Waals surface area contributed by atoms with E-state index in [1.807, 2.05) is 24.3 Å². The van der Waals surface area contributed by atoms with Gasteiger partial charge in [-0.15, -0.1) is 0 Å². The highest BCUT2D eigenvalue weighted by Gasteiger charge is 2.19. The molecule has 0 spiro atoms. The zero-order valence-electron chi connectivity index (χ0n) is 11.2. The summed E-state index contributed by atoms with van der Waals surface area (Å²) in [5.74, 6) is -0.272. The number of nitrogen functional groups attached to an aromatic ring is 1. The van der Waals surface area contributed by atoms with Gasteiger partial charge in [0.25, 0.3) is 0 Å². The van der Waals surface area contributed by atoms with Gasteiger partial charge in [0.1, 0.15) is 6.10 Å². The largest absolute Gasteiger partial charge is 0.459 e. The van der Waals surface area contributed by atoms with Gasteiger partial charge in [0, 0.05) is 24.9 Å². The summed E-state index contributed by atoms with van der Waals surface area (Å²) in [6.45, 7) is 1.97. The van der Waals surface area contributed by atoms with Crippen molar-refractivity contribution < 1.29 is 9.53 Å². The second-order valence-electron chi connectivity index (χ2n) is 4.94. The van der Waals surface area contributed by atoms with E-state index in [-0.39, 0.29) is 12.1 Å². The Bertz CT molecular complexity index is 446. The van der Waals surface area contributed by atoms with Crippen molar-refractivity contribution in [1.82, 2.24) is 4.90 Å². The quantitative estimate of drug-likeness (QED) is 0.512. The van der Waals surface area contributed by atoms with Crippen LogP contribution >= 0.6 is 0 Å². The number of nitrogens with zero attached hydrogens (tertiary/aromatic N) is 1. The molecule has 2 N–H and O–H groups in total. The smallest absolute Gasteiger partial charge is 0.331 e. The Morgan fingerprint density at radius 1 is 1.32 bits per heavy atom. The van der Waals surface area contributed by atoms with E-state index < -0.39 is 0 Å². The molecule has 1 saturated heterocycles. The molecule has 19 heavy (non-hydrogen) atoms. The molecule has 1 aliphatic heterocycles. The van der Waals surface area contributed by atoms with Crippen LogP contribution in [0.2, 0.25) is 0 Å². The Labute approximate surface area is 113 Å². The molecular formula is C15H20N2O2. The molecule has 1 heterocycles. The normalized spacial score (nSPS) is 17.7.